The van der Waals surface area contributed by atoms with E-state index >= 15 is 0 Å². The highest BCUT2D eigenvalue weighted by atomic mass is 15.1. The zero-order valence-corrected chi connectivity index (χ0v) is 21.5. The number of hydrogen-bond acceptors (Lipinski definition) is 2. The average Bonchev–Trinajstić information content (AvgIpc) is 3.53. The van der Waals surface area contributed by atoms with E-state index in [1.807, 2.05) is 12.1 Å². The van der Waals surface area contributed by atoms with Crippen LogP contribution in [0.4, 0.5) is 0 Å². The topological polar surface area (TPSA) is 46.5 Å². The maximum atomic E-state index is 9.27. The minimum atomic E-state index is 0.549. The number of hydrogen-bond donors (Lipinski definition) is 0. The summed E-state index contributed by atoms with van der Waals surface area (Å²) < 4.78 is 4.53. The van der Waals surface area contributed by atoms with Gasteiger partial charge in [0.25, 0.3) is 0 Å². The molecular weight excluding hydrogens is 488 g/mol. The number of benzene rings is 5. The Morgan fingerprint density at radius 3 is 1.88 bits per heavy atom. The van der Waals surface area contributed by atoms with Gasteiger partial charge in [0.15, 0.2) is 0 Å². The van der Waals surface area contributed by atoms with Gasteiger partial charge in [-0.15, -0.1) is 0 Å². The van der Waals surface area contributed by atoms with Crippen molar-refractivity contribution in [1.29, 1.82) is 5.26 Å². The van der Waals surface area contributed by atoms with Gasteiger partial charge in [-0.05, 0) is 65.7 Å². The molecule has 0 spiro atoms. The third-order valence-electron chi connectivity index (χ3n) is 7.80. The van der Waals surface area contributed by atoms with Crippen LogP contribution < -0.4 is 0 Å². The molecular formula is C36H22N4. The van der Waals surface area contributed by atoms with E-state index in [0.29, 0.717) is 5.56 Å². The van der Waals surface area contributed by atoms with Gasteiger partial charge in [0, 0.05) is 33.4 Å². The van der Waals surface area contributed by atoms with Gasteiger partial charge in [-0.25, -0.2) is 4.98 Å². The van der Waals surface area contributed by atoms with Crippen LogP contribution in [-0.2, 0) is 0 Å². The zero-order valence-electron chi connectivity index (χ0n) is 21.5. The van der Waals surface area contributed by atoms with Crippen molar-refractivity contribution >= 4 is 43.6 Å². The Balaban J connectivity index is 1.36. The molecule has 0 saturated heterocycles. The SMILES string of the molecule is N#Cc1ccc(-n2c3ccccc3c3ccc(-c4ccc5c(c4)c4ccccc4n5-c4ccccc4)cc32)nc1. The van der Waals surface area contributed by atoms with E-state index in [9.17, 15) is 5.26 Å². The number of rotatable bonds is 3. The molecule has 40 heavy (non-hydrogen) atoms. The van der Waals surface area contributed by atoms with Gasteiger partial charge in [-0.3, -0.25) is 4.57 Å². The molecule has 4 nitrogen and oxygen atoms in total. The van der Waals surface area contributed by atoms with Crippen LogP contribution in [0.15, 0.2) is 134 Å². The third-order valence-corrected chi connectivity index (χ3v) is 7.80. The number of fused-ring (bicyclic) bond motifs is 6. The first-order chi connectivity index (χ1) is 19.8. The summed E-state index contributed by atoms with van der Waals surface area (Å²) >= 11 is 0. The molecule has 0 aliphatic rings. The second kappa shape index (κ2) is 8.69. The molecule has 0 radical (unpaired) electrons. The lowest BCUT2D eigenvalue weighted by atomic mass is 10.0. The van der Waals surface area contributed by atoms with Crippen molar-refractivity contribution in [1.82, 2.24) is 14.1 Å². The normalized spacial score (nSPS) is 11.5. The van der Waals surface area contributed by atoms with Crippen molar-refractivity contribution in [2.75, 3.05) is 0 Å². The van der Waals surface area contributed by atoms with Gasteiger partial charge in [-0.2, -0.15) is 5.26 Å². The lowest BCUT2D eigenvalue weighted by molar-refractivity contribution is 1.08. The first-order valence-corrected chi connectivity index (χ1v) is 13.3. The molecule has 4 heteroatoms. The molecule has 8 aromatic rings. The highest BCUT2D eigenvalue weighted by Gasteiger charge is 2.16. The smallest absolute Gasteiger partial charge is 0.137 e. The predicted molar refractivity (Wildman–Crippen MR) is 163 cm³/mol. The molecule has 0 N–H and O–H groups in total. The highest BCUT2D eigenvalue weighted by molar-refractivity contribution is 6.12. The lowest BCUT2D eigenvalue weighted by Gasteiger charge is -2.09. The van der Waals surface area contributed by atoms with Crippen LogP contribution in [0.1, 0.15) is 5.56 Å². The summed E-state index contributed by atoms with van der Waals surface area (Å²) in [6, 6.07) is 46.9. The maximum Gasteiger partial charge on any atom is 0.137 e. The monoisotopic (exact) mass is 510 g/mol. The number of aromatic nitrogens is 3. The molecule has 5 aromatic carbocycles. The molecule has 0 saturated carbocycles. The summed E-state index contributed by atoms with van der Waals surface area (Å²) in [5.41, 5.74) is 8.57. The minimum Gasteiger partial charge on any atom is -0.309 e. The highest BCUT2D eigenvalue weighted by Crippen LogP contribution is 2.37. The molecule has 0 aliphatic heterocycles. The summed E-state index contributed by atoms with van der Waals surface area (Å²) in [5.74, 6) is 0.795. The molecule has 8 rings (SSSR count). The molecule has 0 amide bonds. The van der Waals surface area contributed by atoms with Crippen LogP contribution in [0.5, 0.6) is 0 Å². The third kappa shape index (κ3) is 3.28. The Morgan fingerprint density at radius 1 is 0.500 bits per heavy atom. The predicted octanol–water partition coefficient (Wildman–Crippen LogP) is 8.81. The Bertz CT molecular complexity index is 2260. The second-order valence-electron chi connectivity index (χ2n) is 10.0. The fraction of sp³-hybridized carbons (Fsp3) is 0. The molecule has 0 unspecified atom stereocenters. The van der Waals surface area contributed by atoms with Crippen molar-refractivity contribution in [2.24, 2.45) is 0 Å². The number of para-hydroxylation sites is 3. The van der Waals surface area contributed by atoms with Crippen LogP contribution in [0.3, 0.4) is 0 Å². The standard InChI is InChI=1S/C36H22N4/c37-22-24-14-19-36(38-23-24)40-33-13-7-4-10-28(33)30-17-15-26(21-35(30)40)25-16-18-34-31(20-25)29-11-5-6-12-32(29)39(34)27-8-2-1-3-9-27/h1-21,23H. The molecule has 186 valence electrons. The summed E-state index contributed by atoms with van der Waals surface area (Å²) in [7, 11) is 0. The van der Waals surface area contributed by atoms with Crippen LogP contribution >= 0.6 is 0 Å². The Labute approximate surface area is 230 Å². The van der Waals surface area contributed by atoms with Crippen molar-refractivity contribution in [3.8, 4) is 28.7 Å². The second-order valence-corrected chi connectivity index (χ2v) is 10.0. The minimum absolute atomic E-state index is 0.549. The Morgan fingerprint density at radius 2 is 1.12 bits per heavy atom. The fourth-order valence-electron chi connectivity index (χ4n) is 5.99. The van der Waals surface area contributed by atoms with E-state index in [4.69, 9.17) is 0 Å². The van der Waals surface area contributed by atoms with Gasteiger partial charge in [0.2, 0.25) is 0 Å². The Hall–Kier alpha value is -5.66. The maximum absolute atomic E-state index is 9.27. The first-order valence-electron chi connectivity index (χ1n) is 13.3. The summed E-state index contributed by atoms with van der Waals surface area (Å²) in [6.45, 7) is 0. The summed E-state index contributed by atoms with van der Waals surface area (Å²) in [6.07, 6.45) is 1.64. The van der Waals surface area contributed by atoms with Gasteiger partial charge >= 0.3 is 0 Å². The van der Waals surface area contributed by atoms with Crippen molar-refractivity contribution in [3.63, 3.8) is 0 Å². The summed E-state index contributed by atoms with van der Waals surface area (Å²) in [4.78, 5) is 4.64. The van der Waals surface area contributed by atoms with Gasteiger partial charge in [0.1, 0.15) is 11.9 Å². The van der Waals surface area contributed by atoms with Crippen LogP contribution in [0.25, 0.3) is 66.2 Å². The molecule has 0 atom stereocenters. The number of nitrogens with zero attached hydrogens (tertiary/aromatic N) is 4. The molecule has 3 heterocycles. The fourth-order valence-corrected chi connectivity index (χ4v) is 5.99. The van der Waals surface area contributed by atoms with E-state index in [1.165, 1.54) is 32.6 Å². The average molecular weight is 511 g/mol. The summed E-state index contributed by atoms with van der Waals surface area (Å²) in [5, 5.41) is 14.1. The molecule has 0 aliphatic carbocycles. The Kier molecular flexibility index (Phi) is 4.85. The van der Waals surface area contributed by atoms with E-state index in [2.05, 4.69) is 135 Å². The van der Waals surface area contributed by atoms with E-state index in [1.54, 1.807) is 6.20 Å². The van der Waals surface area contributed by atoms with Gasteiger partial charge in [0.05, 0.1) is 27.6 Å². The van der Waals surface area contributed by atoms with Crippen molar-refractivity contribution in [3.05, 3.63) is 139 Å². The van der Waals surface area contributed by atoms with Crippen LogP contribution in [0.2, 0.25) is 0 Å². The van der Waals surface area contributed by atoms with Crippen LogP contribution in [-0.4, -0.2) is 14.1 Å². The molecule has 0 fully saturated rings. The van der Waals surface area contributed by atoms with Crippen molar-refractivity contribution in [2.45, 2.75) is 0 Å². The quantitative estimate of drug-likeness (QED) is 0.238. The molecule has 0 bridgehead atoms. The van der Waals surface area contributed by atoms with E-state index < -0.39 is 0 Å². The largest absolute Gasteiger partial charge is 0.309 e. The van der Waals surface area contributed by atoms with Gasteiger partial charge in [-0.1, -0.05) is 72.8 Å². The van der Waals surface area contributed by atoms with E-state index in [-0.39, 0.29) is 0 Å². The lowest BCUT2D eigenvalue weighted by Crippen LogP contribution is -1.97. The van der Waals surface area contributed by atoms with Crippen molar-refractivity contribution < 1.29 is 0 Å². The van der Waals surface area contributed by atoms with E-state index in [0.717, 1.165) is 33.7 Å². The first kappa shape index (κ1) is 22.3. The molecule has 3 aromatic heterocycles. The van der Waals surface area contributed by atoms with Crippen LogP contribution in [0, 0.1) is 11.3 Å². The van der Waals surface area contributed by atoms with Gasteiger partial charge < -0.3 is 4.57 Å². The number of pyridine rings is 1. The zero-order chi connectivity index (χ0) is 26.6. The number of nitriles is 1.